The van der Waals surface area contributed by atoms with Crippen molar-refractivity contribution in [3.63, 3.8) is 0 Å². The molecule has 1 rings (SSSR count). The van der Waals surface area contributed by atoms with E-state index in [0.717, 1.165) is 13.0 Å². The molecule has 13 heavy (non-hydrogen) atoms. The summed E-state index contributed by atoms with van der Waals surface area (Å²) in [6, 6.07) is 3.43. The lowest BCUT2D eigenvalue weighted by Gasteiger charge is -1.94. The third-order valence-electron chi connectivity index (χ3n) is 1.65. The number of pyridine rings is 1. The Hall–Kier alpha value is -1.22. The second-order valence-electron chi connectivity index (χ2n) is 2.68. The second-order valence-corrected chi connectivity index (χ2v) is 2.68. The van der Waals surface area contributed by atoms with Crippen LogP contribution in [0, 0.1) is 5.95 Å². The monoisotopic (exact) mass is 180 g/mol. The molecule has 0 aliphatic carbocycles. The zero-order valence-electron chi connectivity index (χ0n) is 7.63. The molecule has 0 saturated carbocycles. The third-order valence-corrected chi connectivity index (χ3v) is 1.65. The Morgan fingerprint density at radius 2 is 2.46 bits per heavy atom. The molecule has 0 saturated heterocycles. The Bertz CT molecular complexity index is 284. The molecule has 0 radical (unpaired) electrons. The van der Waals surface area contributed by atoms with Gasteiger partial charge >= 0.3 is 0 Å². The number of nitrogens with one attached hydrogen (secondary N) is 1. The summed E-state index contributed by atoms with van der Waals surface area (Å²) in [4.78, 5) is 3.54. The van der Waals surface area contributed by atoms with Crippen molar-refractivity contribution in [3.05, 3.63) is 35.9 Å². The van der Waals surface area contributed by atoms with Crippen molar-refractivity contribution in [1.82, 2.24) is 10.3 Å². The van der Waals surface area contributed by atoms with Crippen molar-refractivity contribution in [1.29, 1.82) is 0 Å². The van der Waals surface area contributed by atoms with Crippen LogP contribution in [0.5, 0.6) is 0 Å². The van der Waals surface area contributed by atoms with Crippen LogP contribution in [0.2, 0.25) is 0 Å². The molecule has 0 aromatic carbocycles. The Labute approximate surface area is 77.5 Å². The molecule has 0 fully saturated rings. The molecule has 1 aromatic rings. The van der Waals surface area contributed by atoms with Gasteiger partial charge in [-0.1, -0.05) is 12.2 Å². The van der Waals surface area contributed by atoms with E-state index >= 15 is 0 Å². The minimum Gasteiger partial charge on any atom is -0.319 e. The van der Waals surface area contributed by atoms with Crippen LogP contribution in [-0.4, -0.2) is 18.6 Å². The minimum absolute atomic E-state index is 0.414. The van der Waals surface area contributed by atoms with E-state index in [0.29, 0.717) is 5.56 Å². The highest BCUT2D eigenvalue weighted by Crippen LogP contribution is 2.05. The lowest BCUT2D eigenvalue weighted by atomic mass is 10.2. The summed E-state index contributed by atoms with van der Waals surface area (Å²) in [6.45, 7) is 0.901. The maximum Gasteiger partial charge on any atom is 0.220 e. The van der Waals surface area contributed by atoms with E-state index in [1.807, 2.05) is 13.1 Å². The molecule has 1 N–H and O–H groups in total. The van der Waals surface area contributed by atoms with Gasteiger partial charge in [-0.15, -0.1) is 0 Å². The van der Waals surface area contributed by atoms with Gasteiger partial charge in [-0.25, -0.2) is 4.98 Å². The molecule has 0 unspecified atom stereocenters. The van der Waals surface area contributed by atoms with Crippen molar-refractivity contribution in [2.75, 3.05) is 13.6 Å². The van der Waals surface area contributed by atoms with Crippen LogP contribution < -0.4 is 5.32 Å². The number of hydrogen-bond donors (Lipinski definition) is 1. The first-order chi connectivity index (χ1) is 6.34. The smallest absolute Gasteiger partial charge is 0.220 e. The van der Waals surface area contributed by atoms with Gasteiger partial charge in [-0.2, -0.15) is 4.39 Å². The van der Waals surface area contributed by atoms with Gasteiger partial charge < -0.3 is 5.32 Å². The van der Waals surface area contributed by atoms with Crippen molar-refractivity contribution < 1.29 is 4.39 Å². The number of rotatable bonds is 4. The Morgan fingerprint density at radius 3 is 3.15 bits per heavy atom. The molecule has 2 nitrogen and oxygen atoms in total. The van der Waals surface area contributed by atoms with Gasteiger partial charge in [0.05, 0.1) is 0 Å². The predicted molar refractivity (Wildman–Crippen MR) is 51.8 cm³/mol. The summed E-state index contributed by atoms with van der Waals surface area (Å²) in [5.41, 5.74) is 0.540. The van der Waals surface area contributed by atoms with E-state index in [-0.39, 0.29) is 0 Å². The quantitative estimate of drug-likeness (QED) is 0.565. The van der Waals surface area contributed by atoms with E-state index < -0.39 is 5.95 Å². The summed E-state index contributed by atoms with van der Waals surface area (Å²) in [6.07, 6.45) is 6.02. The van der Waals surface area contributed by atoms with E-state index in [1.54, 1.807) is 18.2 Å². The molecule has 70 valence electrons. The maximum atomic E-state index is 12.9. The summed E-state index contributed by atoms with van der Waals surface area (Å²) in [5, 5.41) is 3.01. The van der Waals surface area contributed by atoms with Crippen LogP contribution in [-0.2, 0) is 0 Å². The van der Waals surface area contributed by atoms with Crippen molar-refractivity contribution >= 4 is 6.08 Å². The van der Waals surface area contributed by atoms with Crippen LogP contribution >= 0.6 is 0 Å². The van der Waals surface area contributed by atoms with Crippen LogP contribution in [0.25, 0.3) is 6.08 Å². The normalized spacial score (nSPS) is 10.9. The van der Waals surface area contributed by atoms with Crippen LogP contribution in [0.1, 0.15) is 12.0 Å². The Balaban J connectivity index is 2.53. The molecule has 3 heteroatoms. The van der Waals surface area contributed by atoms with Crippen molar-refractivity contribution in [3.8, 4) is 0 Å². The highest BCUT2D eigenvalue weighted by molar-refractivity contribution is 5.47. The molecular formula is C10H13FN2. The van der Waals surface area contributed by atoms with Gasteiger partial charge in [0.2, 0.25) is 5.95 Å². The van der Waals surface area contributed by atoms with Gasteiger partial charge in [0.15, 0.2) is 0 Å². The molecule has 0 bridgehead atoms. The lowest BCUT2D eigenvalue weighted by Crippen LogP contribution is -2.05. The van der Waals surface area contributed by atoms with Crippen LogP contribution in [0.15, 0.2) is 24.4 Å². The second kappa shape index (κ2) is 5.43. The molecule has 0 atom stereocenters. The summed E-state index contributed by atoms with van der Waals surface area (Å²) < 4.78 is 12.9. The first-order valence-corrected chi connectivity index (χ1v) is 4.26. The van der Waals surface area contributed by atoms with Gasteiger partial charge in [-0.05, 0) is 32.1 Å². The molecule has 0 amide bonds. The Kier molecular flexibility index (Phi) is 4.12. The van der Waals surface area contributed by atoms with Gasteiger partial charge in [0.1, 0.15) is 0 Å². The largest absolute Gasteiger partial charge is 0.319 e. The van der Waals surface area contributed by atoms with Gasteiger partial charge in [0, 0.05) is 11.8 Å². The van der Waals surface area contributed by atoms with Crippen molar-refractivity contribution in [2.45, 2.75) is 6.42 Å². The fourth-order valence-corrected chi connectivity index (χ4v) is 0.961. The highest BCUT2D eigenvalue weighted by atomic mass is 19.1. The lowest BCUT2D eigenvalue weighted by molar-refractivity contribution is 0.581. The number of nitrogens with zero attached hydrogens (tertiary/aromatic N) is 1. The third kappa shape index (κ3) is 3.34. The summed E-state index contributed by atoms with van der Waals surface area (Å²) >= 11 is 0. The van der Waals surface area contributed by atoms with E-state index in [9.17, 15) is 4.39 Å². The fourth-order valence-electron chi connectivity index (χ4n) is 0.961. The minimum atomic E-state index is -0.414. The highest BCUT2D eigenvalue weighted by Gasteiger charge is 1.95. The van der Waals surface area contributed by atoms with Crippen LogP contribution in [0.4, 0.5) is 4.39 Å². The first-order valence-electron chi connectivity index (χ1n) is 4.26. The SMILES string of the molecule is CNCCC=Cc1cccnc1F. The standard InChI is InChI=1S/C10H13FN2/c1-12-7-3-2-5-9-6-4-8-13-10(9)11/h2,4-6,8,12H,3,7H2,1H3. The maximum absolute atomic E-state index is 12.9. The van der Waals surface area contributed by atoms with Crippen molar-refractivity contribution in [2.24, 2.45) is 0 Å². The first kappa shape index (κ1) is 9.86. The molecule has 0 aliphatic rings. The Morgan fingerprint density at radius 1 is 1.62 bits per heavy atom. The zero-order chi connectivity index (χ0) is 9.52. The predicted octanol–water partition coefficient (Wildman–Crippen LogP) is 1.84. The average molecular weight is 180 g/mol. The average Bonchev–Trinajstić information content (AvgIpc) is 2.15. The van der Waals surface area contributed by atoms with E-state index in [4.69, 9.17) is 0 Å². The van der Waals surface area contributed by atoms with Crippen LogP contribution in [0.3, 0.4) is 0 Å². The van der Waals surface area contributed by atoms with Gasteiger partial charge in [-0.3, -0.25) is 0 Å². The summed E-state index contributed by atoms with van der Waals surface area (Å²) in [7, 11) is 1.89. The molecule has 1 heterocycles. The van der Waals surface area contributed by atoms with E-state index in [1.165, 1.54) is 6.20 Å². The van der Waals surface area contributed by atoms with Gasteiger partial charge in [0.25, 0.3) is 0 Å². The molecule has 1 aromatic heterocycles. The van der Waals surface area contributed by atoms with E-state index in [2.05, 4.69) is 10.3 Å². The molecular weight excluding hydrogens is 167 g/mol. The topological polar surface area (TPSA) is 24.9 Å². The summed E-state index contributed by atoms with van der Waals surface area (Å²) in [5.74, 6) is -0.414. The molecule has 0 aliphatic heterocycles. The zero-order valence-corrected chi connectivity index (χ0v) is 7.63. The number of halogens is 1. The molecule has 0 spiro atoms. The fraction of sp³-hybridized carbons (Fsp3) is 0.300. The number of aromatic nitrogens is 1. The number of hydrogen-bond acceptors (Lipinski definition) is 2.